The molecule has 17 unspecified atom stereocenters. The lowest BCUT2D eigenvalue weighted by Crippen LogP contribution is -2.66. The average molecular weight is 1330 g/mol. The number of hydrogen-bond donors (Lipinski definition) is 12. The topological polar surface area (TPSA) is 307 Å². The van der Waals surface area contributed by atoms with Crippen molar-refractivity contribution in [3.8, 4) is 0 Å². The van der Waals surface area contributed by atoms with Crippen molar-refractivity contribution in [2.45, 2.75) is 413 Å². The Morgan fingerprint density at radius 2 is 0.688 bits per heavy atom. The van der Waals surface area contributed by atoms with Crippen LogP contribution in [0.2, 0.25) is 0 Å². The summed E-state index contributed by atoms with van der Waals surface area (Å²) in [5.74, 6) is -0.279. The van der Waals surface area contributed by atoms with Crippen molar-refractivity contribution in [1.29, 1.82) is 0 Å². The Kier molecular flexibility index (Phi) is 51.5. The van der Waals surface area contributed by atoms with Crippen LogP contribution in [0, 0.1) is 0 Å². The molecule has 0 aliphatic carbocycles. The molecule has 3 saturated heterocycles. The first kappa shape index (κ1) is 85.5. The molecule has 0 spiro atoms. The van der Waals surface area contributed by atoms with Crippen LogP contribution in [0.5, 0.6) is 0 Å². The maximum Gasteiger partial charge on any atom is 0.220 e. The minimum absolute atomic E-state index is 0.241. The van der Waals surface area contributed by atoms with Gasteiger partial charge in [0.25, 0.3) is 0 Å². The molecule has 3 fully saturated rings. The summed E-state index contributed by atoms with van der Waals surface area (Å²) in [6, 6.07) is -0.987. The summed E-state index contributed by atoms with van der Waals surface area (Å²) in [4.78, 5) is 13.4. The van der Waals surface area contributed by atoms with Crippen molar-refractivity contribution in [2.24, 2.45) is 0 Å². The van der Waals surface area contributed by atoms with Crippen molar-refractivity contribution in [1.82, 2.24) is 5.32 Å². The van der Waals surface area contributed by atoms with Gasteiger partial charge in [-0.25, -0.2) is 0 Å². The van der Waals surface area contributed by atoms with Gasteiger partial charge in [0.15, 0.2) is 18.9 Å². The molecular formula is C74H139NO18. The predicted octanol–water partition coefficient (Wildman–Crippen LogP) is 11.4. The van der Waals surface area contributed by atoms with Gasteiger partial charge in [-0.2, -0.15) is 0 Å². The Hall–Kier alpha value is -1.73. The van der Waals surface area contributed by atoms with Gasteiger partial charge < -0.3 is 89.9 Å². The molecule has 0 saturated carbocycles. The Morgan fingerprint density at radius 1 is 0.376 bits per heavy atom. The summed E-state index contributed by atoms with van der Waals surface area (Å²) in [6.07, 6.45) is 38.9. The van der Waals surface area contributed by atoms with Gasteiger partial charge in [0.2, 0.25) is 5.91 Å². The van der Waals surface area contributed by atoms with E-state index in [0.29, 0.717) is 12.8 Å². The van der Waals surface area contributed by atoms with Gasteiger partial charge in [-0.1, -0.05) is 295 Å². The number of aliphatic hydroxyl groups excluding tert-OH is 11. The zero-order valence-corrected chi connectivity index (χ0v) is 58.3. The SMILES string of the molecule is CCCCCCCCCCCCCC/C=C/CC/C=C/C(O)C(COC1OC(CO)C(OC2OC(CO)C(OC3OC(CO)C(O)C(O)C3O)C(O)C2O)C(O)C1O)NC(=O)CCCCCCCCCCCCCCCCCCCCCCCCCCCCCCCC. The third kappa shape index (κ3) is 37.3. The predicted molar refractivity (Wildman–Crippen MR) is 365 cm³/mol. The molecule has 0 radical (unpaired) electrons. The van der Waals surface area contributed by atoms with Crippen molar-refractivity contribution in [3.63, 3.8) is 0 Å². The van der Waals surface area contributed by atoms with Crippen molar-refractivity contribution < 1.29 is 89.4 Å². The quantitative estimate of drug-likeness (QED) is 0.0199. The molecular weight excluding hydrogens is 1190 g/mol. The van der Waals surface area contributed by atoms with Gasteiger partial charge in [-0.3, -0.25) is 4.79 Å². The summed E-state index contributed by atoms with van der Waals surface area (Å²) < 4.78 is 34.4. The fourth-order valence-corrected chi connectivity index (χ4v) is 13.1. The zero-order valence-electron chi connectivity index (χ0n) is 58.3. The van der Waals surface area contributed by atoms with Crippen LogP contribution in [-0.2, 0) is 33.2 Å². The number of unbranched alkanes of at least 4 members (excludes halogenated alkanes) is 42. The number of allylic oxidation sites excluding steroid dienone is 3. The van der Waals surface area contributed by atoms with Crippen LogP contribution in [0.4, 0.5) is 0 Å². The molecule has 548 valence electrons. The Labute approximate surface area is 562 Å². The van der Waals surface area contributed by atoms with E-state index < -0.39 is 124 Å². The fraction of sp³-hybridized carbons (Fsp3) is 0.932. The van der Waals surface area contributed by atoms with E-state index in [2.05, 4.69) is 31.3 Å². The second-order valence-corrected chi connectivity index (χ2v) is 27.5. The number of amides is 1. The zero-order chi connectivity index (χ0) is 67.5. The normalized spacial score (nSPS) is 27.6. The van der Waals surface area contributed by atoms with Crippen LogP contribution >= 0.6 is 0 Å². The standard InChI is InChI=1S/C74H139NO18/c1-3-5-7-9-11-13-15-17-19-21-23-24-25-26-27-28-29-30-31-32-33-34-36-38-40-42-44-46-48-50-52-62(80)75-57(58(79)51-49-47-45-43-41-39-37-35-22-20-18-16-14-12-10-8-6-4-2)56-88-72-68(86)65(83)70(60(54-77)90-72)93-74-69(87)66(84)71(61(55-78)91-74)92-73-67(85)64(82)63(81)59(53-76)89-73/h41,43,49,51,57-61,63-74,76-79,81-87H,3-40,42,44-48,50,52-56H2,1-2H3,(H,75,80)/b43-41+,51-49+. The molecule has 19 heteroatoms. The van der Waals surface area contributed by atoms with Crippen LogP contribution in [0.3, 0.4) is 0 Å². The van der Waals surface area contributed by atoms with Crippen molar-refractivity contribution in [3.05, 3.63) is 24.3 Å². The van der Waals surface area contributed by atoms with Gasteiger partial charge >= 0.3 is 0 Å². The minimum Gasteiger partial charge on any atom is -0.394 e. The number of rotatable bonds is 60. The summed E-state index contributed by atoms with van der Waals surface area (Å²) in [5.41, 5.74) is 0. The first-order chi connectivity index (χ1) is 45.3. The first-order valence-electron chi connectivity index (χ1n) is 38.1. The van der Waals surface area contributed by atoms with E-state index in [4.69, 9.17) is 28.4 Å². The smallest absolute Gasteiger partial charge is 0.220 e. The van der Waals surface area contributed by atoms with E-state index in [1.54, 1.807) is 6.08 Å². The largest absolute Gasteiger partial charge is 0.394 e. The second-order valence-electron chi connectivity index (χ2n) is 27.5. The highest BCUT2D eigenvalue weighted by atomic mass is 16.8. The number of ether oxygens (including phenoxy) is 6. The summed E-state index contributed by atoms with van der Waals surface area (Å²) in [6.45, 7) is 1.76. The van der Waals surface area contributed by atoms with E-state index >= 15 is 0 Å². The summed E-state index contributed by atoms with van der Waals surface area (Å²) in [5, 5.41) is 121. The molecule has 1 amide bonds. The van der Waals surface area contributed by atoms with Crippen molar-refractivity contribution in [2.75, 3.05) is 26.4 Å². The molecule has 12 N–H and O–H groups in total. The molecule has 93 heavy (non-hydrogen) atoms. The molecule has 0 aromatic rings. The lowest BCUT2D eigenvalue weighted by molar-refractivity contribution is -0.379. The van der Waals surface area contributed by atoms with Crippen LogP contribution < -0.4 is 5.32 Å². The molecule has 3 rings (SSSR count). The number of hydrogen-bond acceptors (Lipinski definition) is 18. The molecule has 3 aliphatic rings. The van der Waals surface area contributed by atoms with Crippen LogP contribution in [0.25, 0.3) is 0 Å². The second kappa shape index (κ2) is 56.1. The van der Waals surface area contributed by atoms with E-state index in [-0.39, 0.29) is 18.9 Å². The summed E-state index contributed by atoms with van der Waals surface area (Å²) >= 11 is 0. The Bertz CT molecular complexity index is 1780. The van der Waals surface area contributed by atoms with E-state index in [9.17, 15) is 61.0 Å². The highest BCUT2D eigenvalue weighted by molar-refractivity contribution is 5.76. The summed E-state index contributed by atoms with van der Waals surface area (Å²) in [7, 11) is 0. The lowest BCUT2D eigenvalue weighted by Gasteiger charge is -2.48. The maximum atomic E-state index is 13.4. The average Bonchev–Trinajstić information content (AvgIpc) is 1.00. The number of aliphatic hydroxyl groups is 11. The van der Waals surface area contributed by atoms with Crippen LogP contribution in [0.1, 0.15) is 309 Å². The third-order valence-electron chi connectivity index (χ3n) is 19.3. The van der Waals surface area contributed by atoms with E-state index in [1.165, 1.54) is 238 Å². The Morgan fingerprint density at radius 3 is 1.08 bits per heavy atom. The number of carbonyl (C=O) groups excluding carboxylic acids is 1. The van der Waals surface area contributed by atoms with Gasteiger partial charge in [0.1, 0.15) is 73.2 Å². The lowest BCUT2D eigenvalue weighted by atomic mass is 9.96. The van der Waals surface area contributed by atoms with Crippen molar-refractivity contribution >= 4 is 5.91 Å². The first-order valence-corrected chi connectivity index (χ1v) is 38.1. The molecule has 17 atom stereocenters. The van der Waals surface area contributed by atoms with Crippen LogP contribution in [0.15, 0.2) is 24.3 Å². The third-order valence-corrected chi connectivity index (χ3v) is 19.3. The monoisotopic (exact) mass is 1330 g/mol. The highest BCUT2D eigenvalue weighted by Crippen LogP contribution is 2.33. The molecule has 3 aliphatic heterocycles. The number of carbonyl (C=O) groups is 1. The fourth-order valence-electron chi connectivity index (χ4n) is 13.1. The Balaban J connectivity index is 1.38. The van der Waals surface area contributed by atoms with Crippen LogP contribution in [-0.4, -0.2) is 193 Å². The van der Waals surface area contributed by atoms with Gasteiger partial charge in [-0.15, -0.1) is 0 Å². The molecule has 0 aromatic carbocycles. The van der Waals surface area contributed by atoms with Gasteiger partial charge in [0.05, 0.1) is 38.6 Å². The van der Waals surface area contributed by atoms with Gasteiger partial charge in [0, 0.05) is 6.42 Å². The molecule has 3 heterocycles. The highest BCUT2D eigenvalue weighted by Gasteiger charge is 2.53. The molecule has 19 nitrogen and oxygen atoms in total. The molecule has 0 aromatic heterocycles. The van der Waals surface area contributed by atoms with E-state index in [0.717, 1.165) is 38.5 Å². The number of nitrogens with one attached hydrogen (secondary N) is 1. The van der Waals surface area contributed by atoms with E-state index in [1.807, 2.05) is 6.08 Å². The van der Waals surface area contributed by atoms with Gasteiger partial charge in [-0.05, 0) is 32.1 Å². The maximum absolute atomic E-state index is 13.4. The molecule has 0 bridgehead atoms. The minimum atomic E-state index is -1.98.